The monoisotopic (exact) mass is 220 g/mol. The van der Waals surface area contributed by atoms with Crippen LogP contribution in [-0.4, -0.2) is 12.6 Å². The largest absolute Gasteiger partial charge is 0.465 e. The summed E-state index contributed by atoms with van der Waals surface area (Å²) in [4.78, 5) is 11.3. The van der Waals surface area contributed by atoms with E-state index in [2.05, 4.69) is 32.9 Å². The Kier molecular flexibility index (Phi) is 2.92. The Balaban J connectivity index is 2.01. The molecule has 2 heteroatoms. The SMILES string of the molecule is CC1=CCC(/C=C/C2CCOC2=O)C1(C)C. The van der Waals surface area contributed by atoms with Gasteiger partial charge >= 0.3 is 5.97 Å². The molecule has 0 amide bonds. The van der Waals surface area contributed by atoms with Crippen LogP contribution in [0.1, 0.15) is 33.6 Å². The third kappa shape index (κ3) is 1.93. The van der Waals surface area contributed by atoms with Crippen molar-refractivity contribution in [3.8, 4) is 0 Å². The quantitative estimate of drug-likeness (QED) is 0.528. The Morgan fingerprint density at radius 2 is 2.19 bits per heavy atom. The van der Waals surface area contributed by atoms with Gasteiger partial charge in [-0.15, -0.1) is 0 Å². The number of carbonyl (C=O) groups excluding carboxylic acids is 1. The van der Waals surface area contributed by atoms with E-state index in [-0.39, 0.29) is 17.3 Å². The molecule has 2 aliphatic rings. The molecule has 0 N–H and O–H groups in total. The highest BCUT2D eigenvalue weighted by molar-refractivity contribution is 5.76. The van der Waals surface area contributed by atoms with Crippen molar-refractivity contribution in [2.24, 2.45) is 17.3 Å². The molecule has 88 valence electrons. The van der Waals surface area contributed by atoms with E-state index in [0.29, 0.717) is 12.5 Å². The molecule has 0 saturated carbocycles. The Hall–Kier alpha value is -1.05. The molecule has 2 rings (SSSR count). The normalized spacial score (nSPS) is 33.2. The number of cyclic esters (lactones) is 1. The second-order valence-corrected chi connectivity index (χ2v) is 5.40. The van der Waals surface area contributed by atoms with Crippen LogP contribution in [0.15, 0.2) is 23.8 Å². The molecule has 2 nitrogen and oxygen atoms in total. The van der Waals surface area contributed by atoms with Crippen molar-refractivity contribution in [3.05, 3.63) is 23.8 Å². The number of carbonyl (C=O) groups is 1. The van der Waals surface area contributed by atoms with Crippen LogP contribution in [0, 0.1) is 17.3 Å². The van der Waals surface area contributed by atoms with Gasteiger partial charge in [-0.05, 0) is 31.1 Å². The Bertz CT molecular complexity index is 350. The highest BCUT2D eigenvalue weighted by atomic mass is 16.5. The van der Waals surface area contributed by atoms with Gasteiger partial charge in [0.1, 0.15) is 0 Å². The predicted octanol–water partition coefficient (Wildman–Crippen LogP) is 3.10. The zero-order valence-electron chi connectivity index (χ0n) is 10.3. The fraction of sp³-hybridized carbons (Fsp3) is 0.643. The van der Waals surface area contributed by atoms with Crippen molar-refractivity contribution in [3.63, 3.8) is 0 Å². The van der Waals surface area contributed by atoms with Crippen molar-refractivity contribution >= 4 is 5.97 Å². The van der Waals surface area contributed by atoms with Gasteiger partial charge in [-0.1, -0.05) is 37.6 Å². The summed E-state index contributed by atoms with van der Waals surface area (Å²) in [5.41, 5.74) is 1.69. The van der Waals surface area contributed by atoms with E-state index in [1.165, 1.54) is 5.57 Å². The van der Waals surface area contributed by atoms with E-state index in [4.69, 9.17) is 4.74 Å². The number of ether oxygens (including phenoxy) is 1. The van der Waals surface area contributed by atoms with Crippen LogP contribution in [-0.2, 0) is 9.53 Å². The van der Waals surface area contributed by atoms with Crippen LogP contribution in [0.3, 0.4) is 0 Å². The summed E-state index contributed by atoms with van der Waals surface area (Å²) < 4.78 is 4.95. The minimum Gasteiger partial charge on any atom is -0.465 e. The van der Waals surface area contributed by atoms with E-state index in [0.717, 1.165) is 12.8 Å². The summed E-state index contributed by atoms with van der Waals surface area (Å²) in [6.07, 6.45) is 8.51. The molecular formula is C14H20O2. The first-order valence-corrected chi connectivity index (χ1v) is 6.04. The van der Waals surface area contributed by atoms with Crippen LogP contribution >= 0.6 is 0 Å². The summed E-state index contributed by atoms with van der Waals surface area (Å²) in [5, 5.41) is 0. The maximum Gasteiger partial charge on any atom is 0.312 e. The van der Waals surface area contributed by atoms with Crippen molar-refractivity contribution in [2.45, 2.75) is 33.6 Å². The number of esters is 1. The molecule has 0 aromatic rings. The second-order valence-electron chi connectivity index (χ2n) is 5.40. The Labute approximate surface area is 97.4 Å². The standard InChI is InChI=1S/C14H20O2/c1-10-4-6-12(14(10,2)3)7-5-11-8-9-16-13(11)15/h4-5,7,11-12H,6,8-9H2,1-3H3/b7-5+. The Morgan fingerprint density at radius 3 is 2.69 bits per heavy atom. The van der Waals surface area contributed by atoms with E-state index in [1.807, 2.05) is 6.08 Å². The molecule has 1 aliphatic heterocycles. The van der Waals surface area contributed by atoms with Gasteiger partial charge in [0, 0.05) is 0 Å². The topological polar surface area (TPSA) is 26.3 Å². The summed E-state index contributed by atoms with van der Waals surface area (Å²) in [6, 6.07) is 0. The zero-order chi connectivity index (χ0) is 11.8. The summed E-state index contributed by atoms with van der Waals surface area (Å²) in [5.74, 6) is 0.467. The lowest BCUT2D eigenvalue weighted by Gasteiger charge is -2.27. The lowest BCUT2D eigenvalue weighted by Crippen LogP contribution is -2.19. The first-order chi connectivity index (χ1) is 7.51. The molecule has 16 heavy (non-hydrogen) atoms. The highest BCUT2D eigenvalue weighted by Crippen LogP contribution is 2.43. The average molecular weight is 220 g/mol. The van der Waals surface area contributed by atoms with Gasteiger partial charge in [-0.2, -0.15) is 0 Å². The van der Waals surface area contributed by atoms with E-state index in [1.54, 1.807) is 0 Å². The van der Waals surface area contributed by atoms with Crippen LogP contribution in [0.25, 0.3) is 0 Å². The lowest BCUT2D eigenvalue weighted by atomic mass is 9.77. The molecular weight excluding hydrogens is 200 g/mol. The summed E-state index contributed by atoms with van der Waals surface area (Å²) in [7, 11) is 0. The fourth-order valence-corrected chi connectivity index (χ4v) is 2.43. The van der Waals surface area contributed by atoms with Gasteiger partial charge in [0.05, 0.1) is 12.5 Å². The zero-order valence-corrected chi connectivity index (χ0v) is 10.3. The van der Waals surface area contributed by atoms with Gasteiger partial charge in [0.2, 0.25) is 0 Å². The van der Waals surface area contributed by atoms with Crippen LogP contribution < -0.4 is 0 Å². The van der Waals surface area contributed by atoms with Crippen molar-refractivity contribution in [1.82, 2.24) is 0 Å². The van der Waals surface area contributed by atoms with E-state index >= 15 is 0 Å². The van der Waals surface area contributed by atoms with Gasteiger partial charge < -0.3 is 4.74 Å². The van der Waals surface area contributed by atoms with E-state index in [9.17, 15) is 4.79 Å². The molecule has 1 aliphatic carbocycles. The second kappa shape index (κ2) is 4.08. The summed E-state index contributed by atoms with van der Waals surface area (Å²) in [6.45, 7) is 7.32. The van der Waals surface area contributed by atoms with E-state index < -0.39 is 0 Å². The van der Waals surface area contributed by atoms with Crippen molar-refractivity contribution < 1.29 is 9.53 Å². The maximum absolute atomic E-state index is 11.3. The molecule has 0 bridgehead atoms. The molecule has 2 unspecified atom stereocenters. The maximum atomic E-state index is 11.3. The van der Waals surface area contributed by atoms with Crippen molar-refractivity contribution in [2.75, 3.05) is 6.61 Å². The number of allylic oxidation sites excluding steroid dienone is 3. The molecule has 1 fully saturated rings. The third-order valence-electron chi connectivity index (χ3n) is 4.17. The number of rotatable bonds is 2. The molecule has 0 radical (unpaired) electrons. The van der Waals surface area contributed by atoms with Gasteiger partial charge in [0.15, 0.2) is 0 Å². The molecule has 2 atom stereocenters. The van der Waals surface area contributed by atoms with Gasteiger partial charge in [0.25, 0.3) is 0 Å². The minimum atomic E-state index is -0.0586. The predicted molar refractivity (Wildman–Crippen MR) is 63.9 cm³/mol. The fourth-order valence-electron chi connectivity index (χ4n) is 2.43. The summed E-state index contributed by atoms with van der Waals surface area (Å²) >= 11 is 0. The molecule has 1 saturated heterocycles. The van der Waals surface area contributed by atoms with Gasteiger partial charge in [-0.25, -0.2) is 0 Å². The average Bonchev–Trinajstić information content (AvgIpc) is 2.72. The number of hydrogen-bond acceptors (Lipinski definition) is 2. The van der Waals surface area contributed by atoms with Gasteiger partial charge in [-0.3, -0.25) is 4.79 Å². The smallest absolute Gasteiger partial charge is 0.312 e. The molecule has 0 spiro atoms. The first kappa shape index (κ1) is 11.4. The third-order valence-corrected chi connectivity index (χ3v) is 4.17. The number of hydrogen-bond donors (Lipinski definition) is 0. The highest BCUT2D eigenvalue weighted by Gasteiger charge is 2.33. The first-order valence-electron chi connectivity index (χ1n) is 6.04. The Morgan fingerprint density at radius 1 is 1.44 bits per heavy atom. The van der Waals surface area contributed by atoms with Crippen LogP contribution in [0.5, 0.6) is 0 Å². The lowest BCUT2D eigenvalue weighted by molar-refractivity contribution is -0.140. The van der Waals surface area contributed by atoms with Crippen molar-refractivity contribution in [1.29, 1.82) is 0 Å². The molecule has 0 aromatic carbocycles. The van der Waals surface area contributed by atoms with Crippen LogP contribution in [0.2, 0.25) is 0 Å². The minimum absolute atomic E-state index is 0.00305. The molecule has 1 heterocycles. The van der Waals surface area contributed by atoms with Crippen LogP contribution in [0.4, 0.5) is 0 Å². The molecule has 0 aromatic heterocycles.